The predicted molar refractivity (Wildman–Crippen MR) is 100 cm³/mol. The van der Waals surface area contributed by atoms with Gasteiger partial charge in [0.1, 0.15) is 5.82 Å². The number of nitrogens with one attached hydrogen (secondary N) is 1. The lowest BCUT2D eigenvalue weighted by molar-refractivity contribution is -0.143. The van der Waals surface area contributed by atoms with Crippen LogP contribution in [0.4, 0.5) is 4.39 Å². The van der Waals surface area contributed by atoms with Crippen LogP contribution in [0.15, 0.2) is 46.8 Å². The third-order valence-electron chi connectivity index (χ3n) is 4.18. The first kappa shape index (κ1) is 20.7. The molecule has 0 aliphatic carbocycles. The normalized spacial score (nSPS) is 17.1. The molecule has 6 heteroatoms. The number of allylic oxidation sites excluding steroid dienone is 2. The highest BCUT2D eigenvalue weighted by Gasteiger charge is 2.38. The Kier molecular flexibility index (Phi) is 6.77. The fraction of sp³-hybridized carbons (Fsp3) is 0.429. The van der Waals surface area contributed by atoms with Crippen molar-refractivity contribution in [3.63, 3.8) is 0 Å². The Balaban J connectivity index is 2.57. The Hall–Kier alpha value is -2.63. The van der Waals surface area contributed by atoms with E-state index in [9.17, 15) is 14.0 Å². The molecule has 1 unspecified atom stereocenters. The number of hydrogen-bond donors (Lipinski definition) is 1. The van der Waals surface area contributed by atoms with Crippen LogP contribution in [-0.4, -0.2) is 24.6 Å². The van der Waals surface area contributed by atoms with Crippen molar-refractivity contribution >= 4 is 11.9 Å². The summed E-state index contributed by atoms with van der Waals surface area (Å²) >= 11 is 0. The van der Waals surface area contributed by atoms with Gasteiger partial charge in [-0.25, -0.2) is 14.0 Å². The lowest BCUT2D eigenvalue weighted by Crippen LogP contribution is -2.33. The number of carbonyl (C=O) groups excluding carboxylic acids is 2. The summed E-state index contributed by atoms with van der Waals surface area (Å²) < 4.78 is 24.2. The summed E-state index contributed by atoms with van der Waals surface area (Å²) in [6, 6.07) is 5.76. The molecule has 1 heterocycles. The molecule has 146 valence electrons. The standard InChI is InChI=1S/C21H26FNO4/c1-6-11-26-20(24)17-13(4)23-14(5)18(21(25)27-12(2)3)19(17)15-7-9-16(22)10-8-15/h7-10,12,19,23H,6,11H2,1-5H3. The molecule has 0 saturated heterocycles. The van der Waals surface area contributed by atoms with Gasteiger partial charge in [-0.2, -0.15) is 0 Å². The summed E-state index contributed by atoms with van der Waals surface area (Å²) in [5, 5.41) is 3.09. The first-order valence-electron chi connectivity index (χ1n) is 9.08. The summed E-state index contributed by atoms with van der Waals surface area (Å²) in [7, 11) is 0. The molecule has 0 bridgehead atoms. The second-order valence-electron chi connectivity index (χ2n) is 6.78. The zero-order valence-corrected chi connectivity index (χ0v) is 16.4. The maximum Gasteiger partial charge on any atom is 0.337 e. The zero-order valence-electron chi connectivity index (χ0n) is 16.4. The molecule has 0 amide bonds. The number of ether oxygens (including phenoxy) is 2. The van der Waals surface area contributed by atoms with Gasteiger partial charge in [0, 0.05) is 11.4 Å². The van der Waals surface area contributed by atoms with Crippen molar-refractivity contribution in [1.29, 1.82) is 0 Å². The van der Waals surface area contributed by atoms with Crippen molar-refractivity contribution in [2.75, 3.05) is 6.61 Å². The second-order valence-corrected chi connectivity index (χ2v) is 6.78. The van der Waals surface area contributed by atoms with Crippen molar-refractivity contribution in [3.8, 4) is 0 Å². The molecule has 0 fully saturated rings. The van der Waals surface area contributed by atoms with Crippen LogP contribution in [0.5, 0.6) is 0 Å². The lowest BCUT2D eigenvalue weighted by Gasteiger charge is -2.30. The van der Waals surface area contributed by atoms with Crippen LogP contribution < -0.4 is 5.32 Å². The Morgan fingerprint density at radius 3 is 2.15 bits per heavy atom. The van der Waals surface area contributed by atoms with E-state index in [0.29, 0.717) is 34.5 Å². The van der Waals surface area contributed by atoms with Crippen LogP contribution in [0.25, 0.3) is 0 Å². The van der Waals surface area contributed by atoms with E-state index in [2.05, 4.69) is 5.32 Å². The maximum atomic E-state index is 13.4. The van der Waals surface area contributed by atoms with E-state index < -0.39 is 23.7 Å². The molecule has 1 aliphatic heterocycles. The number of rotatable bonds is 6. The van der Waals surface area contributed by atoms with E-state index in [4.69, 9.17) is 9.47 Å². The number of dihydropyridines is 1. The highest BCUT2D eigenvalue weighted by atomic mass is 19.1. The maximum absolute atomic E-state index is 13.4. The topological polar surface area (TPSA) is 64.6 Å². The Labute approximate surface area is 159 Å². The van der Waals surface area contributed by atoms with Gasteiger partial charge in [0.25, 0.3) is 0 Å². The fourth-order valence-corrected chi connectivity index (χ4v) is 3.07. The highest BCUT2D eigenvalue weighted by molar-refractivity contribution is 5.99. The largest absolute Gasteiger partial charge is 0.462 e. The van der Waals surface area contributed by atoms with Crippen LogP contribution in [0.3, 0.4) is 0 Å². The smallest absolute Gasteiger partial charge is 0.337 e. The first-order chi connectivity index (χ1) is 12.8. The molecular weight excluding hydrogens is 349 g/mol. The Morgan fingerprint density at radius 1 is 1.07 bits per heavy atom. The van der Waals surface area contributed by atoms with Crippen LogP contribution in [0, 0.1) is 5.82 Å². The first-order valence-corrected chi connectivity index (χ1v) is 9.08. The van der Waals surface area contributed by atoms with Crippen molar-refractivity contribution in [3.05, 3.63) is 58.2 Å². The Morgan fingerprint density at radius 2 is 1.63 bits per heavy atom. The average Bonchev–Trinajstić information content (AvgIpc) is 2.59. The summed E-state index contributed by atoms with van der Waals surface area (Å²) in [5.74, 6) is -2.10. The van der Waals surface area contributed by atoms with Gasteiger partial charge in [-0.1, -0.05) is 19.1 Å². The Bertz CT molecular complexity index is 778. The van der Waals surface area contributed by atoms with Crippen LogP contribution in [-0.2, 0) is 19.1 Å². The van der Waals surface area contributed by atoms with E-state index in [1.165, 1.54) is 12.1 Å². The fourth-order valence-electron chi connectivity index (χ4n) is 3.07. The van der Waals surface area contributed by atoms with Crippen molar-refractivity contribution in [2.24, 2.45) is 0 Å². The zero-order chi connectivity index (χ0) is 20.1. The molecule has 1 aliphatic rings. The molecule has 5 nitrogen and oxygen atoms in total. The quantitative estimate of drug-likeness (QED) is 0.763. The molecular formula is C21H26FNO4. The SMILES string of the molecule is CCCOC(=O)C1=C(C)NC(C)=C(C(=O)OC(C)C)C1c1ccc(F)cc1. The molecule has 1 aromatic rings. The molecule has 0 saturated carbocycles. The predicted octanol–water partition coefficient (Wildman–Crippen LogP) is 3.97. The number of benzene rings is 1. The minimum Gasteiger partial charge on any atom is -0.462 e. The van der Waals surface area contributed by atoms with E-state index in [1.54, 1.807) is 39.8 Å². The van der Waals surface area contributed by atoms with E-state index >= 15 is 0 Å². The molecule has 1 atom stereocenters. The van der Waals surface area contributed by atoms with Crippen LogP contribution in [0.2, 0.25) is 0 Å². The van der Waals surface area contributed by atoms with Crippen molar-refractivity contribution < 1.29 is 23.5 Å². The highest BCUT2D eigenvalue weighted by Crippen LogP contribution is 2.39. The molecule has 2 rings (SSSR count). The lowest BCUT2D eigenvalue weighted by atomic mass is 9.80. The number of esters is 2. The summed E-state index contributed by atoms with van der Waals surface area (Å²) in [6.45, 7) is 9.21. The third kappa shape index (κ3) is 4.76. The van der Waals surface area contributed by atoms with Gasteiger partial charge in [-0.3, -0.25) is 0 Å². The third-order valence-corrected chi connectivity index (χ3v) is 4.18. The summed E-state index contributed by atoms with van der Waals surface area (Å²) in [6.07, 6.45) is 0.373. The van der Waals surface area contributed by atoms with Gasteiger partial charge in [-0.15, -0.1) is 0 Å². The van der Waals surface area contributed by atoms with Crippen LogP contribution in [0.1, 0.15) is 52.5 Å². The summed E-state index contributed by atoms with van der Waals surface area (Å²) in [4.78, 5) is 25.5. The molecule has 1 aromatic carbocycles. The molecule has 1 N–H and O–H groups in total. The van der Waals surface area contributed by atoms with Gasteiger partial charge < -0.3 is 14.8 Å². The van der Waals surface area contributed by atoms with Crippen molar-refractivity contribution in [1.82, 2.24) is 5.32 Å². The van der Waals surface area contributed by atoms with Gasteiger partial charge in [0.05, 0.1) is 29.8 Å². The van der Waals surface area contributed by atoms with Gasteiger partial charge in [0.15, 0.2) is 0 Å². The minimum absolute atomic E-state index is 0.278. The molecule has 27 heavy (non-hydrogen) atoms. The van der Waals surface area contributed by atoms with Gasteiger partial charge >= 0.3 is 11.9 Å². The molecule has 0 aromatic heterocycles. The summed E-state index contributed by atoms with van der Waals surface area (Å²) in [5.41, 5.74) is 2.47. The van der Waals surface area contributed by atoms with Gasteiger partial charge in [-0.05, 0) is 51.8 Å². The molecule has 0 radical (unpaired) electrons. The van der Waals surface area contributed by atoms with E-state index in [1.807, 2.05) is 6.92 Å². The minimum atomic E-state index is -0.692. The van der Waals surface area contributed by atoms with E-state index in [0.717, 1.165) is 0 Å². The number of halogens is 1. The second kappa shape index (κ2) is 8.84. The van der Waals surface area contributed by atoms with Gasteiger partial charge in [0.2, 0.25) is 0 Å². The van der Waals surface area contributed by atoms with E-state index in [-0.39, 0.29) is 12.7 Å². The number of hydrogen-bond acceptors (Lipinski definition) is 5. The average molecular weight is 375 g/mol. The monoisotopic (exact) mass is 375 g/mol. The van der Waals surface area contributed by atoms with Crippen molar-refractivity contribution in [2.45, 2.75) is 53.1 Å². The van der Waals surface area contributed by atoms with Crippen LogP contribution >= 0.6 is 0 Å². The molecule has 0 spiro atoms. The number of carbonyl (C=O) groups is 2.